The van der Waals surface area contributed by atoms with E-state index in [4.69, 9.17) is 19.0 Å². The van der Waals surface area contributed by atoms with E-state index < -0.39 is 17.9 Å². The number of nitrogens with one attached hydrogen (secondary N) is 1. The minimum absolute atomic E-state index is 0.0540. The van der Waals surface area contributed by atoms with E-state index >= 15 is 0 Å². The van der Waals surface area contributed by atoms with Crippen LogP contribution in [-0.2, 0) is 25.6 Å². The normalized spacial score (nSPS) is 14.6. The Morgan fingerprint density at radius 2 is 1.64 bits per heavy atom. The first-order valence-electron chi connectivity index (χ1n) is 10.8. The van der Waals surface area contributed by atoms with Gasteiger partial charge in [0.25, 0.3) is 5.91 Å². The highest BCUT2D eigenvalue weighted by Crippen LogP contribution is 2.38. The Labute approximate surface area is 193 Å². The van der Waals surface area contributed by atoms with Gasteiger partial charge in [-0.15, -0.1) is 0 Å². The number of methoxy groups -OCH3 is 3. The molecule has 8 nitrogen and oxygen atoms in total. The number of nitrogens with zero attached hydrogens (tertiary/aromatic N) is 1. The van der Waals surface area contributed by atoms with Crippen molar-refractivity contribution in [1.29, 1.82) is 0 Å². The van der Waals surface area contributed by atoms with Crippen LogP contribution in [0.15, 0.2) is 47.6 Å². The van der Waals surface area contributed by atoms with Crippen molar-refractivity contribution in [1.82, 2.24) is 5.32 Å². The summed E-state index contributed by atoms with van der Waals surface area (Å²) in [5.74, 6) is 0.514. The van der Waals surface area contributed by atoms with Gasteiger partial charge in [0.15, 0.2) is 0 Å². The summed E-state index contributed by atoms with van der Waals surface area (Å²) in [6.07, 6.45) is 3.08. The van der Waals surface area contributed by atoms with Crippen molar-refractivity contribution in [3.05, 3.63) is 48.0 Å². The van der Waals surface area contributed by atoms with Crippen molar-refractivity contribution >= 4 is 17.6 Å². The zero-order valence-electron chi connectivity index (χ0n) is 19.4. The highest BCUT2D eigenvalue weighted by atomic mass is 16.6. The van der Waals surface area contributed by atoms with Crippen LogP contribution in [-0.4, -0.2) is 52.1 Å². The molecule has 176 valence electrons. The highest BCUT2D eigenvalue weighted by molar-refractivity contribution is 6.40. The highest BCUT2D eigenvalue weighted by Gasteiger charge is 2.32. The number of esters is 1. The van der Waals surface area contributed by atoms with Gasteiger partial charge in [-0.3, -0.25) is 4.79 Å². The molecule has 0 unspecified atom stereocenters. The molecule has 8 heteroatoms. The fraction of sp³-hybridized carbons (Fsp3) is 0.400. The molecule has 1 atom stereocenters. The standard InChI is InChI=1S/C25H30N2O6/c1-30-20-9-6-10-21(31-2)22(20)17-13-11-16(12-14-17)15-19(25(29)32-3)26-24(28)23(27-33-4)18-7-5-8-18/h6,9-14,18-19H,5,7-8,15H2,1-4H3,(H,26,28)/t19-/m0/s1. The lowest BCUT2D eigenvalue weighted by atomic mass is 9.81. The van der Waals surface area contributed by atoms with E-state index in [-0.39, 0.29) is 12.3 Å². The number of hydrogen-bond acceptors (Lipinski definition) is 7. The van der Waals surface area contributed by atoms with E-state index in [0.717, 1.165) is 36.0 Å². The lowest BCUT2D eigenvalue weighted by Gasteiger charge is -2.26. The van der Waals surface area contributed by atoms with Gasteiger partial charge >= 0.3 is 5.97 Å². The van der Waals surface area contributed by atoms with Crippen LogP contribution < -0.4 is 14.8 Å². The average Bonchev–Trinajstić information content (AvgIpc) is 2.81. The molecule has 2 aromatic carbocycles. The maximum atomic E-state index is 12.8. The number of amides is 1. The predicted molar refractivity (Wildman–Crippen MR) is 124 cm³/mol. The molecule has 0 radical (unpaired) electrons. The summed E-state index contributed by atoms with van der Waals surface area (Å²) >= 11 is 0. The Kier molecular flexibility index (Phi) is 8.29. The molecule has 3 rings (SSSR count). The smallest absolute Gasteiger partial charge is 0.328 e. The molecule has 0 heterocycles. The maximum absolute atomic E-state index is 12.8. The van der Waals surface area contributed by atoms with E-state index in [2.05, 4.69) is 10.5 Å². The van der Waals surface area contributed by atoms with Gasteiger partial charge in [-0.2, -0.15) is 0 Å². The van der Waals surface area contributed by atoms with E-state index in [1.54, 1.807) is 14.2 Å². The topological polar surface area (TPSA) is 95.5 Å². The number of carbonyl (C=O) groups excluding carboxylic acids is 2. The lowest BCUT2D eigenvalue weighted by Crippen LogP contribution is -2.48. The molecule has 1 fully saturated rings. The van der Waals surface area contributed by atoms with E-state index in [1.807, 2.05) is 42.5 Å². The molecular weight excluding hydrogens is 424 g/mol. The van der Waals surface area contributed by atoms with E-state index in [0.29, 0.717) is 17.2 Å². The van der Waals surface area contributed by atoms with E-state index in [9.17, 15) is 9.59 Å². The van der Waals surface area contributed by atoms with Crippen LogP contribution in [0.2, 0.25) is 0 Å². The summed E-state index contributed by atoms with van der Waals surface area (Å²) in [5, 5.41) is 6.67. The fourth-order valence-electron chi connectivity index (χ4n) is 3.83. The van der Waals surface area contributed by atoms with Crippen LogP contribution in [0.3, 0.4) is 0 Å². The monoisotopic (exact) mass is 454 g/mol. The third-order valence-corrected chi connectivity index (χ3v) is 5.82. The molecule has 0 aromatic heterocycles. The molecule has 1 aliphatic rings. The molecule has 1 N–H and O–H groups in total. The molecule has 0 saturated heterocycles. The largest absolute Gasteiger partial charge is 0.496 e. The number of benzene rings is 2. The van der Waals surface area contributed by atoms with Crippen LogP contribution in [0.25, 0.3) is 11.1 Å². The van der Waals surface area contributed by atoms with Crippen LogP contribution in [0.4, 0.5) is 0 Å². The quantitative estimate of drug-likeness (QED) is 0.336. The van der Waals surface area contributed by atoms with Crippen molar-refractivity contribution in [3.63, 3.8) is 0 Å². The Hall–Kier alpha value is -3.55. The van der Waals surface area contributed by atoms with E-state index in [1.165, 1.54) is 14.2 Å². The number of hydrogen-bond donors (Lipinski definition) is 1. The zero-order chi connectivity index (χ0) is 23.8. The van der Waals surface area contributed by atoms with Crippen molar-refractivity contribution in [2.75, 3.05) is 28.4 Å². The molecule has 2 aromatic rings. The van der Waals surface area contributed by atoms with Gasteiger partial charge in [0.05, 0.1) is 26.9 Å². The maximum Gasteiger partial charge on any atom is 0.328 e. The number of oxime groups is 1. The first-order valence-corrected chi connectivity index (χ1v) is 10.8. The summed E-state index contributed by atoms with van der Waals surface area (Å²) in [6, 6.07) is 12.4. The van der Waals surface area contributed by atoms with Gasteiger partial charge < -0.3 is 24.4 Å². The predicted octanol–water partition coefficient (Wildman–Crippen LogP) is 3.37. The second-order valence-corrected chi connectivity index (χ2v) is 7.77. The van der Waals surface area contributed by atoms with Crippen LogP contribution in [0, 0.1) is 5.92 Å². The van der Waals surface area contributed by atoms with Crippen LogP contribution in [0.1, 0.15) is 24.8 Å². The van der Waals surface area contributed by atoms with Gasteiger partial charge in [0.1, 0.15) is 30.4 Å². The molecular formula is C25H30N2O6. The van der Waals surface area contributed by atoms with Crippen molar-refractivity contribution in [2.24, 2.45) is 11.1 Å². The minimum Gasteiger partial charge on any atom is -0.496 e. The fourth-order valence-corrected chi connectivity index (χ4v) is 3.83. The van der Waals surface area contributed by atoms with Gasteiger partial charge in [-0.05, 0) is 36.1 Å². The van der Waals surface area contributed by atoms with Gasteiger partial charge in [0, 0.05) is 12.3 Å². The Bertz CT molecular complexity index is 976. The summed E-state index contributed by atoms with van der Waals surface area (Å²) in [7, 11) is 5.93. The third-order valence-electron chi connectivity index (χ3n) is 5.82. The van der Waals surface area contributed by atoms with Gasteiger partial charge in [-0.25, -0.2) is 4.79 Å². The van der Waals surface area contributed by atoms with Gasteiger partial charge in [0.2, 0.25) is 0 Å². The Morgan fingerprint density at radius 1 is 1.00 bits per heavy atom. The summed E-state index contributed by atoms with van der Waals surface area (Å²) < 4.78 is 15.9. The molecule has 0 bridgehead atoms. The van der Waals surface area contributed by atoms with Crippen molar-refractivity contribution in [2.45, 2.75) is 31.7 Å². The molecule has 1 aliphatic carbocycles. The molecule has 33 heavy (non-hydrogen) atoms. The zero-order valence-corrected chi connectivity index (χ0v) is 19.4. The number of ether oxygens (including phenoxy) is 3. The first-order chi connectivity index (χ1) is 16.0. The van der Waals surface area contributed by atoms with Crippen molar-refractivity contribution in [3.8, 4) is 22.6 Å². The molecule has 0 spiro atoms. The Balaban J connectivity index is 1.79. The number of carbonyl (C=O) groups is 2. The molecule has 1 amide bonds. The Morgan fingerprint density at radius 3 is 2.12 bits per heavy atom. The number of rotatable bonds is 10. The van der Waals surface area contributed by atoms with Gasteiger partial charge in [-0.1, -0.05) is 41.9 Å². The molecule has 0 aliphatic heterocycles. The summed E-state index contributed by atoms with van der Waals surface area (Å²) in [4.78, 5) is 30.1. The third kappa shape index (κ3) is 5.63. The van der Waals surface area contributed by atoms with Crippen molar-refractivity contribution < 1.29 is 28.6 Å². The van der Waals surface area contributed by atoms with Crippen LogP contribution >= 0.6 is 0 Å². The SMILES string of the molecule is CON=C(C(=O)N[C@@H](Cc1ccc(-c2c(OC)cccc2OC)cc1)C(=O)OC)C1CCC1. The summed E-state index contributed by atoms with van der Waals surface area (Å²) in [5.41, 5.74) is 2.92. The van der Waals surface area contributed by atoms with Crippen LogP contribution in [0.5, 0.6) is 11.5 Å². The molecule has 1 saturated carbocycles. The minimum atomic E-state index is -0.851. The second kappa shape index (κ2) is 11.4. The first kappa shape index (κ1) is 24.1. The lowest BCUT2D eigenvalue weighted by molar-refractivity contribution is -0.144. The summed E-state index contributed by atoms with van der Waals surface area (Å²) in [6.45, 7) is 0. The average molecular weight is 455 g/mol. The second-order valence-electron chi connectivity index (χ2n) is 7.77.